The van der Waals surface area contributed by atoms with E-state index in [9.17, 15) is 0 Å². The molecule has 1 fully saturated rings. The van der Waals surface area contributed by atoms with Crippen molar-refractivity contribution in [1.82, 2.24) is 9.97 Å². The number of nitrogens with one attached hydrogen (secondary N) is 1. The van der Waals surface area contributed by atoms with Gasteiger partial charge in [-0.15, -0.1) is 0 Å². The Kier molecular flexibility index (Phi) is 6.64. The number of nitrogens with zero attached hydrogens (tertiary/aromatic N) is 2. The topological polar surface area (TPSA) is 110 Å². The zero-order valence-electron chi connectivity index (χ0n) is 12.2. The minimum Gasteiger partial charge on any atom is -0.483 e. The van der Waals surface area contributed by atoms with E-state index in [2.05, 4.69) is 15.3 Å². The molecule has 1 saturated carbocycles. The number of hydrogen-bond donors (Lipinski definition) is 3. The van der Waals surface area contributed by atoms with E-state index in [4.69, 9.17) is 32.0 Å². The van der Waals surface area contributed by atoms with Crippen molar-refractivity contribution in [2.45, 2.75) is 26.2 Å². The van der Waals surface area contributed by atoms with E-state index in [0.29, 0.717) is 16.5 Å². The molecule has 0 aromatic carbocycles. The van der Waals surface area contributed by atoms with Crippen LogP contribution in [0.1, 0.15) is 25.0 Å². The first-order chi connectivity index (χ1) is 9.98. The Morgan fingerprint density at radius 2 is 2.14 bits per heavy atom. The monoisotopic (exact) mass is 316 g/mol. The van der Waals surface area contributed by atoms with Gasteiger partial charge in [-0.2, -0.15) is 4.98 Å². The number of nitrogens with two attached hydrogens (primary N) is 1. The Morgan fingerprint density at radius 1 is 1.52 bits per heavy atom. The third kappa shape index (κ3) is 4.71. The lowest BCUT2D eigenvalue weighted by Gasteiger charge is -2.41. The van der Waals surface area contributed by atoms with Crippen molar-refractivity contribution in [1.29, 1.82) is 0 Å². The van der Waals surface area contributed by atoms with Crippen LogP contribution in [0.3, 0.4) is 0 Å². The molecule has 0 unspecified atom stereocenters. The number of aryl methyl sites for hydroxylation is 1. The van der Waals surface area contributed by atoms with Gasteiger partial charge in [0.2, 0.25) is 5.95 Å². The van der Waals surface area contributed by atoms with Gasteiger partial charge in [0.05, 0.1) is 12.3 Å². The highest BCUT2D eigenvalue weighted by atomic mass is 35.5. The second-order valence-electron chi connectivity index (χ2n) is 5.08. The normalized spacial score (nSPS) is 15.4. The summed E-state index contributed by atoms with van der Waals surface area (Å²) in [4.78, 5) is 16.5. The zero-order valence-corrected chi connectivity index (χ0v) is 13.0. The summed E-state index contributed by atoms with van der Waals surface area (Å²) in [6.07, 6.45) is 3.60. The van der Waals surface area contributed by atoms with Gasteiger partial charge in [-0.25, -0.2) is 4.98 Å². The molecule has 1 aromatic heterocycles. The molecule has 21 heavy (non-hydrogen) atoms. The fourth-order valence-electron chi connectivity index (χ4n) is 2.32. The van der Waals surface area contributed by atoms with Crippen LogP contribution in [0.2, 0.25) is 5.02 Å². The van der Waals surface area contributed by atoms with Gasteiger partial charge >= 0.3 is 0 Å². The molecule has 0 bridgehead atoms. The average molecular weight is 317 g/mol. The molecule has 2 rings (SSSR count). The number of aromatic nitrogens is 2. The summed E-state index contributed by atoms with van der Waals surface area (Å²) in [5.41, 5.74) is 6.54. The number of hydrogen-bond acceptors (Lipinski definition) is 6. The molecule has 0 radical (unpaired) electrons. The maximum absolute atomic E-state index is 8.36. The number of carbonyl (C=O) groups is 1. The predicted molar refractivity (Wildman–Crippen MR) is 81.5 cm³/mol. The van der Waals surface area contributed by atoms with Gasteiger partial charge in [-0.1, -0.05) is 18.0 Å². The minimum atomic E-state index is -0.250. The van der Waals surface area contributed by atoms with E-state index in [1.807, 2.05) is 6.92 Å². The highest BCUT2D eigenvalue weighted by molar-refractivity contribution is 6.33. The van der Waals surface area contributed by atoms with Crippen molar-refractivity contribution in [2.75, 3.05) is 31.3 Å². The number of nitrogen functional groups attached to an aromatic ring is 1. The number of rotatable bonds is 5. The highest BCUT2D eigenvalue weighted by Gasteiger charge is 2.37. The van der Waals surface area contributed by atoms with Crippen LogP contribution in [0.5, 0.6) is 0 Å². The molecule has 118 valence electrons. The van der Waals surface area contributed by atoms with Gasteiger partial charge in [0, 0.05) is 19.1 Å². The van der Waals surface area contributed by atoms with Gasteiger partial charge in [0.15, 0.2) is 5.82 Å². The maximum atomic E-state index is 8.36. The lowest BCUT2D eigenvalue weighted by Crippen LogP contribution is -2.40. The van der Waals surface area contributed by atoms with Crippen LogP contribution >= 0.6 is 11.6 Å². The van der Waals surface area contributed by atoms with Crippen molar-refractivity contribution in [3.05, 3.63) is 10.7 Å². The van der Waals surface area contributed by atoms with E-state index < -0.39 is 0 Å². The maximum Gasteiger partial charge on any atom is 0.290 e. The van der Waals surface area contributed by atoms with E-state index >= 15 is 0 Å². The number of halogens is 1. The summed E-state index contributed by atoms with van der Waals surface area (Å²) in [6, 6.07) is 0. The zero-order chi connectivity index (χ0) is 15.9. The Balaban J connectivity index is 0.000000677. The van der Waals surface area contributed by atoms with Crippen LogP contribution in [0.15, 0.2) is 0 Å². The molecular formula is C13H21ClN4O3. The van der Waals surface area contributed by atoms with Gasteiger partial charge in [0.25, 0.3) is 6.47 Å². The molecule has 1 heterocycles. The molecule has 4 N–H and O–H groups in total. The Morgan fingerprint density at radius 3 is 2.62 bits per heavy atom. The van der Waals surface area contributed by atoms with E-state index in [0.717, 1.165) is 13.2 Å². The SMILES string of the molecule is COCC1(CNc2nc(N)nc(C)c2Cl)CCC1.O=CO. The van der Waals surface area contributed by atoms with Gasteiger partial charge in [-0.05, 0) is 19.8 Å². The first kappa shape index (κ1) is 17.5. The Bertz CT molecular complexity index is 481. The number of anilines is 2. The van der Waals surface area contributed by atoms with Crippen molar-refractivity contribution in [2.24, 2.45) is 5.41 Å². The fraction of sp³-hybridized carbons (Fsp3) is 0.615. The van der Waals surface area contributed by atoms with Gasteiger partial charge in [0.1, 0.15) is 5.02 Å². The van der Waals surface area contributed by atoms with Crippen LogP contribution in [-0.2, 0) is 9.53 Å². The largest absolute Gasteiger partial charge is 0.483 e. The third-order valence-electron chi connectivity index (χ3n) is 3.53. The molecule has 0 amide bonds. The van der Waals surface area contributed by atoms with E-state index in [1.165, 1.54) is 19.3 Å². The van der Waals surface area contributed by atoms with Crippen LogP contribution in [0, 0.1) is 12.3 Å². The van der Waals surface area contributed by atoms with Gasteiger partial charge < -0.3 is 20.9 Å². The fourth-order valence-corrected chi connectivity index (χ4v) is 2.48. The molecule has 1 aromatic rings. The lowest BCUT2D eigenvalue weighted by atomic mass is 9.69. The van der Waals surface area contributed by atoms with Crippen molar-refractivity contribution in [3.63, 3.8) is 0 Å². The molecule has 0 spiro atoms. The first-order valence-electron chi connectivity index (χ1n) is 6.58. The first-order valence-corrected chi connectivity index (χ1v) is 6.96. The second-order valence-corrected chi connectivity index (χ2v) is 5.45. The molecule has 0 aliphatic heterocycles. The third-order valence-corrected chi connectivity index (χ3v) is 3.98. The van der Waals surface area contributed by atoms with Crippen LogP contribution in [0.4, 0.5) is 11.8 Å². The van der Waals surface area contributed by atoms with Crippen molar-refractivity contribution in [3.8, 4) is 0 Å². The smallest absolute Gasteiger partial charge is 0.290 e. The summed E-state index contributed by atoms with van der Waals surface area (Å²) < 4.78 is 5.28. The second kappa shape index (κ2) is 7.99. The average Bonchev–Trinajstić information content (AvgIpc) is 2.38. The standard InChI is InChI=1S/C12H19ClN4O.CH2O2/c1-8-9(13)10(17-11(14)16-8)15-6-12(7-18-2)4-3-5-12;2-1-3/h3-7H2,1-2H3,(H3,14,15,16,17);1H,(H,2,3). The molecule has 1 aliphatic carbocycles. The Hall–Kier alpha value is -1.60. The molecule has 0 saturated heterocycles. The van der Waals surface area contributed by atoms with Crippen molar-refractivity contribution >= 4 is 29.8 Å². The summed E-state index contributed by atoms with van der Waals surface area (Å²) in [6.45, 7) is 3.13. The quantitative estimate of drug-likeness (QED) is 0.712. The molecule has 0 atom stereocenters. The predicted octanol–water partition coefficient (Wildman–Crippen LogP) is 1.95. The van der Waals surface area contributed by atoms with E-state index in [1.54, 1.807) is 7.11 Å². The number of methoxy groups -OCH3 is 1. The summed E-state index contributed by atoms with van der Waals surface area (Å²) >= 11 is 6.16. The molecular weight excluding hydrogens is 296 g/mol. The van der Waals surface area contributed by atoms with Crippen LogP contribution in [-0.4, -0.2) is 41.8 Å². The molecule has 7 nitrogen and oxygen atoms in total. The van der Waals surface area contributed by atoms with Crippen LogP contribution in [0.25, 0.3) is 0 Å². The highest BCUT2D eigenvalue weighted by Crippen LogP contribution is 2.41. The lowest BCUT2D eigenvalue weighted by molar-refractivity contribution is -0.122. The molecule has 1 aliphatic rings. The summed E-state index contributed by atoms with van der Waals surface area (Å²) in [5, 5.41) is 10.7. The summed E-state index contributed by atoms with van der Waals surface area (Å²) in [7, 11) is 1.74. The van der Waals surface area contributed by atoms with Crippen molar-refractivity contribution < 1.29 is 14.6 Å². The minimum absolute atomic E-state index is 0.214. The summed E-state index contributed by atoms with van der Waals surface area (Å²) in [5.74, 6) is 0.859. The Labute approximate surface area is 128 Å². The van der Waals surface area contributed by atoms with Crippen LogP contribution < -0.4 is 11.1 Å². The molecule has 8 heteroatoms. The van der Waals surface area contributed by atoms with Gasteiger partial charge in [-0.3, -0.25) is 4.79 Å². The van der Waals surface area contributed by atoms with E-state index in [-0.39, 0.29) is 17.8 Å². The number of ether oxygens (including phenoxy) is 1. The number of carboxylic acid groups (broad SMARTS) is 1.